The minimum atomic E-state index is 0.104. The minimum absolute atomic E-state index is 0.104. The van der Waals surface area contributed by atoms with Gasteiger partial charge < -0.3 is 10.0 Å². The van der Waals surface area contributed by atoms with E-state index in [1.54, 1.807) is 0 Å². The number of carbonyl (C=O) groups excluding carboxylic acids is 1. The summed E-state index contributed by atoms with van der Waals surface area (Å²) in [4.78, 5) is 14.8. The zero-order valence-corrected chi connectivity index (χ0v) is 13.9. The van der Waals surface area contributed by atoms with Crippen LogP contribution in [0, 0.1) is 5.92 Å². The monoisotopic (exact) mass is 320 g/mol. The third-order valence-corrected chi connectivity index (χ3v) is 5.28. The van der Waals surface area contributed by atoms with Crippen LogP contribution in [0.25, 0.3) is 0 Å². The molecule has 0 aromatic carbocycles. The first-order valence-corrected chi connectivity index (χ1v) is 9.08. The molecule has 1 aromatic heterocycles. The van der Waals surface area contributed by atoms with Crippen LogP contribution in [0.2, 0.25) is 0 Å². The molecule has 0 bridgehead atoms. The van der Waals surface area contributed by atoms with E-state index in [9.17, 15) is 4.79 Å². The van der Waals surface area contributed by atoms with Gasteiger partial charge in [0.25, 0.3) is 0 Å². The third kappa shape index (κ3) is 4.10. The Balaban J connectivity index is 1.51. The summed E-state index contributed by atoms with van der Waals surface area (Å²) in [7, 11) is 0. The highest BCUT2D eigenvalue weighted by Gasteiger charge is 2.29. The van der Waals surface area contributed by atoms with Crippen LogP contribution in [0.1, 0.15) is 63.1 Å². The van der Waals surface area contributed by atoms with Gasteiger partial charge in [0.15, 0.2) is 0 Å². The van der Waals surface area contributed by atoms with Crippen molar-refractivity contribution in [3.63, 3.8) is 0 Å². The van der Waals surface area contributed by atoms with Crippen LogP contribution in [0.4, 0.5) is 0 Å². The van der Waals surface area contributed by atoms with Gasteiger partial charge in [-0.2, -0.15) is 0 Å². The van der Waals surface area contributed by atoms with Crippen molar-refractivity contribution in [1.82, 2.24) is 19.9 Å². The highest BCUT2D eigenvalue weighted by molar-refractivity contribution is 5.78. The van der Waals surface area contributed by atoms with Gasteiger partial charge in [0.05, 0.1) is 11.7 Å². The Labute approximate surface area is 137 Å². The summed E-state index contributed by atoms with van der Waals surface area (Å²) < 4.78 is 1.92. The van der Waals surface area contributed by atoms with Gasteiger partial charge in [0.1, 0.15) is 0 Å². The lowest BCUT2D eigenvalue weighted by Gasteiger charge is -2.34. The molecular formula is C17H28N4O2. The van der Waals surface area contributed by atoms with Gasteiger partial charge in [-0.25, -0.2) is 4.68 Å². The van der Waals surface area contributed by atoms with Crippen LogP contribution in [0.5, 0.6) is 0 Å². The van der Waals surface area contributed by atoms with E-state index in [1.807, 2.05) is 10.9 Å². The van der Waals surface area contributed by atoms with Crippen LogP contribution in [-0.4, -0.2) is 50.6 Å². The van der Waals surface area contributed by atoms with E-state index in [0.717, 1.165) is 44.5 Å². The topological polar surface area (TPSA) is 71.2 Å². The zero-order valence-electron chi connectivity index (χ0n) is 13.9. The van der Waals surface area contributed by atoms with Crippen molar-refractivity contribution in [3.05, 3.63) is 11.9 Å². The lowest BCUT2D eigenvalue weighted by molar-refractivity contribution is -0.137. The Morgan fingerprint density at radius 2 is 1.83 bits per heavy atom. The van der Waals surface area contributed by atoms with Crippen molar-refractivity contribution in [3.8, 4) is 0 Å². The molecule has 23 heavy (non-hydrogen) atoms. The Morgan fingerprint density at radius 3 is 2.48 bits per heavy atom. The summed E-state index contributed by atoms with van der Waals surface area (Å²) in [6.07, 6.45) is 11.5. The molecule has 0 atom stereocenters. The van der Waals surface area contributed by atoms with Crippen molar-refractivity contribution in [2.45, 2.75) is 63.8 Å². The molecule has 6 heteroatoms. The first-order valence-electron chi connectivity index (χ1n) is 9.08. The van der Waals surface area contributed by atoms with Crippen molar-refractivity contribution in [1.29, 1.82) is 0 Å². The summed E-state index contributed by atoms with van der Waals surface area (Å²) in [5.41, 5.74) is 0.837. The molecule has 3 rings (SSSR count). The van der Waals surface area contributed by atoms with E-state index >= 15 is 0 Å². The average Bonchev–Trinajstić information content (AvgIpc) is 2.88. The molecule has 128 valence electrons. The molecule has 2 aliphatic rings. The van der Waals surface area contributed by atoms with Gasteiger partial charge in [-0.3, -0.25) is 4.79 Å². The number of likely N-dealkylation sites (tertiary alicyclic amines) is 1. The number of carbonyl (C=O) groups is 1. The predicted molar refractivity (Wildman–Crippen MR) is 86.9 cm³/mol. The molecule has 0 radical (unpaired) electrons. The fraction of sp³-hybridized carbons (Fsp3) is 0.824. The van der Waals surface area contributed by atoms with Crippen molar-refractivity contribution in [2.75, 3.05) is 19.7 Å². The summed E-state index contributed by atoms with van der Waals surface area (Å²) in [6.45, 7) is 1.76. The number of nitrogens with zero attached hydrogens (tertiary/aromatic N) is 4. The van der Waals surface area contributed by atoms with Gasteiger partial charge in [0, 0.05) is 38.2 Å². The van der Waals surface area contributed by atoms with Crippen LogP contribution < -0.4 is 0 Å². The maximum Gasteiger partial charge on any atom is 0.225 e. The van der Waals surface area contributed by atoms with E-state index in [4.69, 9.17) is 5.11 Å². The summed E-state index contributed by atoms with van der Waals surface area (Å²) in [5, 5.41) is 17.2. The molecule has 1 saturated carbocycles. The highest BCUT2D eigenvalue weighted by Crippen LogP contribution is 2.28. The number of rotatable bonds is 4. The average molecular weight is 320 g/mol. The second-order valence-corrected chi connectivity index (χ2v) is 6.91. The molecule has 0 spiro atoms. The molecule has 1 amide bonds. The van der Waals surface area contributed by atoms with Crippen LogP contribution in [-0.2, 0) is 11.2 Å². The first-order chi connectivity index (χ1) is 11.3. The number of hydrogen-bond acceptors (Lipinski definition) is 4. The number of aliphatic hydroxyl groups is 1. The first kappa shape index (κ1) is 16.4. The quantitative estimate of drug-likeness (QED) is 0.861. The molecule has 1 aromatic rings. The standard InChI is InChI=1S/C17H28N4O2/c22-12-9-15-13-21(19-18-15)16-7-10-20(11-8-16)17(23)14-5-3-1-2-4-6-14/h13-14,16,22H,1-12H2. The van der Waals surface area contributed by atoms with Gasteiger partial charge in [-0.05, 0) is 25.7 Å². The fourth-order valence-electron chi connectivity index (χ4n) is 3.86. The largest absolute Gasteiger partial charge is 0.396 e. The SMILES string of the molecule is O=C(C1CCCCCC1)N1CCC(n2cc(CCO)nn2)CC1. The predicted octanol–water partition coefficient (Wildman–Crippen LogP) is 1.95. The minimum Gasteiger partial charge on any atom is -0.396 e. The lowest BCUT2D eigenvalue weighted by Crippen LogP contribution is -2.42. The zero-order chi connectivity index (χ0) is 16.1. The summed E-state index contributed by atoms with van der Waals surface area (Å²) >= 11 is 0. The van der Waals surface area contributed by atoms with E-state index in [2.05, 4.69) is 15.2 Å². The fourth-order valence-corrected chi connectivity index (χ4v) is 3.86. The molecule has 1 N–H and O–H groups in total. The van der Waals surface area contributed by atoms with E-state index in [1.165, 1.54) is 25.7 Å². The van der Waals surface area contributed by atoms with E-state index in [-0.39, 0.29) is 12.5 Å². The van der Waals surface area contributed by atoms with Gasteiger partial charge in [-0.1, -0.05) is 30.9 Å². The second-order valence-electron chi connectivity index (χ2n) is 6.91. The number of hydrogen-bond donors (Lipinski definition) is 1. The van der Waals surface area contributed by atoms with Crippen molar-refractivity contribution < 1.29 is 9.90 Å². The Kier molecular flexibility index (Phi) is 5.65. The maximum absolute atomic E-state index is 12.7. The molecule has 0 unspecified atom stereocenters. The van der Waals surface area contributed by atoms with Crippen molar-refractivity contribution in [2.24, 2.45) is 5.92 Å². The molecule has 6 nitrogen and oxygen atoms in total. The number of amides is 1. The smallest absolute Gasteiger partial charge is 0.225 e. The van der Waals surface area contributed by atoms with Gasteiger partial charge in [-0.15, -0.1) is 5.10 Å². The second kappa shape index (κ2) is 7.90. The number of piperidine rings is 1. The third-order valence-electron chi connectivity index (χ3n) is 5.28. The van der Waals surface area contributed by atoms with Crippen LogP contribution in [0.3, 0.4) is 0 Å². The van der Waals surface area contributed by atoms with Crippen LogP contribution in [0.15, 0.2) is 6.20 Å². The normalized spacial score (nSPS) is 21.3. The molecule has 1 saturated heterocycles. The van der Waals surface area contributed by atoms with E-state index < -0.39 is 0 Å². The molecule has 1 aliphatic carbocycles. The number of aliphatic hydroxyl groups excluding tert-OH is 1. The van der Waals surface area contributed by atoms with Crippen molar-refractivity contribution >= 4 is 5.91 Å². The van der Waals surface area contributed by atoms with Crippen LogP contribution >= 0.6 is 0 Å². The molecule has 1 aliphatic heterocycles. The Morgan fingerprint density at radius 1 is 1.13 bits per heavy atom. The molecule has 2 fully saturated rings. The summed E-state index contributed by atoms with van der Waals surface area (Å²) in [6, 6.07) is 0.327. The molecule has 2 heterocycles. The summed E-state index contributed by atoms with van der Waals surface area (Å²) in [5.74, 6) is 0.640. The highest BCUT2D eigenvalue weighted by atomic mass is 16.3. The van der Waals surface area contributed by atoms with Gasteiger partial charge in [0.2, 0.25) is 5.91 Å². The molecular weight excluding hydrogens is 292 g/mol. The Hall–Kier alpha value is -1.43. The van der Waals surface area contributed by atoms with E-state index in [0.29, 0.717) is 18.4 Å². The maximum atomic E-state index is 12.7. The Bertz CT molecular complexity index is 500. The lowest BCUT2D eigenvalue weighted by atomic mass is 9.96. The number of aromatic nitrogens is 3. The van der Waals surface area contributed by atoms with Gasteiger partial charge >= 0.3 is 0 Å².